The van der Waals surface area contributed by atoms with E-state index in [9.17, 15) is 9.59 Å². The van der Waals surface area contributed by atoms with Crippen LogP contribution < -0.4 is 5.73 Å². The number of hydrogen-bond acceptors (Lipinski definition) is 5. The summed E-state index contributed by atoms with van der Waals surface area (Å²) in [7, 11) is 0. The molecule has 1 amide bonds. The molecule has 0 unspecified atom stereocenters. The van der Waals surface area contributed by atoms with Gasteiger partial charge in [-0.3, -0.25) is 9.59 Å². The molecule has 29 heavy (non-hydrogen) atoms. The molecule has 7 nitrogen and oxygen atoms in total. The van der Waals surface area contributed by atoms with Gasteiger partial charge in [-0.15, -0.1) is 0 Å². The number of nitrogens with two attached hydrogens (primary N) is 1. The summed E-state index contributed by atoms with van der Waals surface area (Å²) in [5.74, 6) is 1.23. The highest BCUT2D eigenvalue weighted by Crippen LogP contribution is 2.30. The van der Waals surface area contributed by atoms with E-state index in [-0.39, 0.29) is 5.91 Å². The minimum absolute atomic E-state index is 0.159. The van der Waals surface area contributed by atoms with Crippen molar-refractivity contribution in [1.82, 2.24) is 19.9 Å². The Morgan fingerprint density at radius 2 is 1.90 bits per heavy atom. The summed E-state index contributed by atoms with van der Waals surface area (Å²) >= 11 is 0. The second-order valence-corrected chi connectivity index (χ2v) is 7.29. The Morgan fingerprint density at radius 3 is 2.62 bits per heavy atom. The summed E-state index contributed by atoms with van der Waals surface area (Å²) in [4.78, 5) is 37.1. The fourth-order valence-corrected chi connectivity index (χ4v) is 3.88. The number of carbonyl (C=O) groups excluding carboxylic acids is 2. The van der Waals surface area contributed by atoms with E-state index < -0.39 is 0 Å². The zero-order valence-electron chi connectivity index (χ0n) is 15.7. The Balaban J connectivity index is 1.57. The molecule has 144 valence electrons. The largest absolute Gasteiger partial charge is 0.382 e. The van der Waals surface area contributed by atoms with E-state index >= 15 is 0 Å². The summed E-state index contributed by atoms with van der Waals surface area (Å²) in [6.07, 6.45) is 2.32. The van der Waals surface area contributed by atoms with Gasteiger partial charge in [0, 0.05) is 23.9 Å². The predicted octanol–water partition coefficient (Wildman–Crippen LogP) is 3.30. The van der Waals surface area contributed by atoms with Crippen LogP contribution in [0.4, 0.5) is 5.82 Å². The standard InChI is InChI=1S/C22H19N5O2/c23-22-21-20(25-18(26-21)11-27-9-1-2-19(27)29)16-8-7-15(10-17(16)24-22)14-5-3-13(12-28)4-6-14/h3-8,10,12H,1-2,9,11H2,(H2,23,24)(H,25,26). The van der Waals surface area contributed by atoms with Crippen LogP contribution in [-0.2, 0) is 11.3 Å². The van der Waals surface area contributed by atoms with E-state index in [0.29, 0.717) is 35.7 Å². The highest BCUT2D eigenvalue weighted by Gasteiger charge is 2.22. The zero-order valence-corrected chi connectivity index (χ0v) is 15.7. The van der Waals surface area contributed by atoms with Gasteiger partial charge in [0.25, 0.3) is 0 Å². The Morgan fingerprint density at radius 1 is 1.10 bits per heavy atom. The third-order valence-electron chi connectivity index (χ3n) is 5.40. The van der Waals surface area contributed by atoms with Gasteiger partial charge < -0.3 is 15.6 Å². The van der Waals surface area contributed by atoms with E-state index in [1.54, 1.807) is 12.1 Å². The number of likely N-dealkylation sites (tertiary alicyclic amines) is 1. The molecule has 2 aromatic heterocycles. The van der Waals surface area contributed by atoms with Gasteiger partial charge in [0.1, 0.15) is 17.6 Å². The molecule has 1 saturated heterocycles. The number of imidazole rings is 1. The van der Waals surface area contributed by atoms with Crippen LogP contribution in [0.3, 0.4) is 0 Å². The van der Waals surface area contributed by atoms with E-state index in [4.69, 9.17) is 5.73 Å². The number of amides is 1. The van der Waals surface area contributed by atoms with Crippen molar-refractivity contribution < 1.29 is 9.59 Å². The molecule has 1 fully saturated rings. The van der Waals surface area contributed by atoms with Gasteiger partial charge in [0.15, 0.2) is 5.82 Å². The van der Waals surface area contributed by atoms with Crippen molar-refractivity contribution in [1.29, 1.82) is 0 Å². The first-order chi connectivity index (χ1) is 14.1. The lowest BCUT2D eigenvalue weighted by atomic mass is 10.0. The van der Waals surface area contributed by atoms with Crippen molar-refractivity contribution in [2.24, 2.45) is 0 Å². The van der Waals surface area contributed by atoms with Gasteiger partial charge in [-0.2, -0.15) is 0 Å². The molecule has 0 spiro atoms. The average molecular weight is 385 g/mol. The SMILES string of the molecule is Nc1nc2cc(-c3ccc(C=O)cc3)ccc2c2[nH]c(CN3CCCC3=O)nc12. The molecular formula is C22H19N5O2. The van der Waals surface area contributed by atoms with Crippen LogP contribution in [0.1, 0.15) is 29.0 Å². The van der Waals surface area contributed by atoms with Crippen LogP contribution in [-0.4, -0.2) is 38.6 Å². The third kappa shape index (κ3) is 3.00. The maximum atomic E-state index is 11.9. The summed E-state index contributed by atoms with van der Waals surface area (Å²) in [5.41, 5.74) is 11.0. The molecule has 0 atom stereocenters. The van der Waals surface area contributed by atoms with Crippen molar-refractivity contribution in [3.8, 4) is 11.1 Å². The summed E-state index contributed by atoms with van der Waals surface area (Å²) in [5, 5.41) is 0.925. The summed E-state index contributed by atoms with van der Waals surface area (Å²) in [6, 6.07) is 13.4. The lowest BCUT2D eigenvalue weighted by molar-refractivity contribution is -0.128. The van der Waals surface area contributed by atoms with Gasteiger partial charge in [-0.05, 0) is 23.6 Å². The summed E-state index contributed by atoms with van der Waals surface area (Å²) < 4.78 is 0. The quantitative estimate of drug-likeness (QED) is 0.525. The van der Waals surface area contributed by atoms with Crippen molar-refractivity contribution in [3.63, 3.8) is 0 Å². The van der Waals surface area contributed by atoms with Crippen LogP contribution >= 0.6 is 0 Å². The Labute approximate surface area is 166 Å². The Hall–Kier alpha value is -3.74. The molecule has 0 radical (unpaired) electrons. The first-order valence-electron chi connectivity index (χ1n) is 9.53. The highest BCUT2D eigenvalue weighted by atomic mass is 16.2. The molecule has 0 aliphatic carbocycles. The lowest BCUT2D eigenvalue weighted by Gasteiger charge is -2.12. The first-order valence-corrected chi connectivity index (χ1v) is 9.53. The number of nitrogens with one attached hydrogen (secondary N) is 1. The van der Waals surface area contributed by atoms with Crippen molar-refractivity contribution in [2.75, 3.05) is 12.3 Å². The topological polar surface area (TPSA) is 105 Å². The highest BCUT2D eigenvalue weighted by molar-refractivity contribution is 6.07. The number of pyridine rings is 1. The second kappa shape index (κ2) is 6.70. The molecule has 5 rings (SSSR count). The van der Waals surface area contributed by atoms with Gasteiger partial charge in [0.2, 0.25) is 5.91 Å². The number of rotatable bonds is 4. The number of benzene rings is 2. The van der Waals surface area contributed by atoms with Gasteiger partial charge in [0.05, 0.1) is 17.6 Å². The Kier molecular flexibility index (Phi) is 4.01. The number of H-pyrrole nitrogens is 1. The molecular weight excluding hydrogens is 366 g/mol. The number of fused-ring (bicyclic) bond motifs is 3. The van der Waals surface area contributed by atoms with E-state index in [1.165, 1.54) is 0 Å². The maximum Gasteiger partial charge on any atom is 0.223 e. The van der Waals surface area contributed by atoms with Crippen LogP contribution in [0.15, 0.2) is 42.5 Å². The van der Waals surface area contributed by atoms with Crippen LogP contribution in [0.2, 0.25) is 0 Å². The van der Waals surface area contributed by atoms with Gasteiger partial charge in [-0.25, -0.2) is 9.97 Å². The van der Waals surface area contributed by atoms with Crippen LogP contribution in [0, 0.1) is 0 Å². The van der Waals surface area contributed by atoms with Crippen LogP contribution in [0.5, 0.6) is 0 Å². The fourth-order valence-electron chi connectivity index (χ4n) is 3.88. The van der Waals surface area contributed by atoms with Crippen LogP contribution in [0.25, 0.3) is 33.1 Å². The normalized spacial score (nSPS) is 14.2. The smallest absolute Gasteiger partial charge is 0.223 e. The molecule has 1 aliphatic heterocycles. The molecule has 4 aromatic rings. The van der Waals surface area contributed by atoms with Crippen molar-refractivity contribution >= 4 is 39.9 Å². The number of aromatic nitrogens is 3. The van der Waals surface area contributed by atoms with Gasteiger partial charge >= 0.3 is 0 Å². The molecule has 2 aromatic carbocycles. The number of nitrogen functional groups attached to an aromatic ring is 1. The minimum Gasteiger partial charge on any atom is -0.382 e. The number of hydrogen-bond donors (Lipinski definition) is 2. The number of carbonyl (C=O) groups is 2. The molecule has 3 heterocycles. The Bertz CT molecular complexity index is 1260. The van der Waals surface area contributed by atoms with Crippen molar-refractivity contribution in [3.05, 3.63) is 53.9 Å². The lowest BCUT2D eigenvalue weighted by Crippen LogP contribution is -2.24. The fraction of sp³-hybridized carbons (Fsp3) is 0.182. The van der Waals surface area contributed by atoms with E-state index in [1.807, 2.05) is 35.2 Å². The number of aldehydes is 1. The molecule has 0 bridgehead atoms. The first kappa shape index (κ1) is 17.4. The number of nitrogens with zero attached hydrogens (tertiary/aromatic N) is 3. The minimum atomic E-state index is 0.159. The number of aromatic amines is 1. The zero-order chi connectivity index (χ0) is 20.0. The van der Waals surface area contributed by atoms with Crippen molar-refractivity contribution in [2.45, 2.75) is 19.4 Å². The molecule has 7 heteroatoms. The average Bonchev–Trinajstić information content (AvgIpc) is 3.35. The molecule has 3 N–H and O–H groups in total. The predicted molar refractivity (Wildman–Crippen MR) is 111 cm³/mol. The second-order valence-electron chi connectivity index (χ2n) is 7.29. The summed E-state index contributed by atoms with van der Waals surface area (Å²) in [6.45, 7) is 1.21. The van der Waals surface area contributed by atoms with E-state index in [0.717, 1.165) is 46.8 Å². The maximum absolute atomic E-state index is 11.9. The van der Waals surface area contributed by atoms with E-state index in [2.05, 4.69) is 15.0 Å². The van der Waals surface area contributed by atoms with Gasteiger partial charge in [-0.1, -0.05) is 36.4 Å². The number of anilines is 1. The molecule has 0 saturated carbocycles. The third-order valence-corrected chi connectivity index (χ3v) is 5.40. The molecule has 1 aliphatic rings. The monoisotopic (exact) mass is 385 g/mol.